The Bertz CT molecular complexity index is 749. The highest BCUT2D eigenvalue weighted by Crippen LogP contribution is 2.22. The number of allylic oxidation sites excluding steroid dienone is 2. The smallest absolute Gasteiger partial charge is 0.244 e. The number of aromatic nitrogens is 1. The van der Waals surface area contributed by atoms with E-state index >= 15 is 0 Å². The number of nitro groups is 1. The molecule has 0 bridgehead atoms. The van der Waals surface area contributed by atoms with E-state index in [4.69, 9.17) is 11.6 Å². The third-order valence-corrected chi connectivity index (χ3v) is 4.04. The molecule has 1 amide bonds. The van der Waals surface area contributed by atoms with Crippen LogP contribution >= 0.6 is 11.6 Å². The zero-order valence-electron chi connectivity index (χ0n) is 13.8. The maximum Gasteiger partial charge on any atom is 0.244 e. The third-order valence-electron chi connectivity index (χ3n) is 3.84. The van der Waals surface area contributed by atoms with Crippen molar-refractivity contribution in [3.05, 3.63) is 57.1 Å². The van der Waals surface area contributed by atoms with Gasteiger partial charge in [0.1, 0.15) is 11.0 Å². The second-order valence-corrected chi connectivity index (χ2v) is 6.55. The normalized spacial score (nSPS) is 17.5. The molecule has 1 aromatic rings. The molecule has 0 spiro atoms. The maximum atomic E-state index is 13.3. The van der Waals surface area contributed by atoms with Gasteiger partial charge in [-0.2, -0.15) is 0 Å². The van der Waals surface area contributed by atoms with Crippen LogP contribution in [0.5, 0.6) is 0 Å². The molecule has 25 heavy (non-hydrogen) atoms. The first kappa shape index (κ1) is 19.0. The standard InChI is InChI=1S/C16H18ClFN4O3/c1-16(2,15(23)21-12-5-6-19-14(17)8-12)20-9-10-3-4-11(18)7-13(10)22(24)25/h3-6,8,13,20H,7,9H2,1-2H3,(H,19,21,23). The second-order valence-electron chi connectivity index (χ2n) is 6.16. The largest absolute Gasteiger partial charge is 0.324 e. The van der Waals surface area contributed by atoms with Gasteiger partial charge in [-0.25, -0.2) is 9.37 Å². The topological polar surface area (TPSA) is 97.2 Å². The summed E-state index contributed by atoms with van der Waals surface area (Å²) in [6.45, 7) is 3.38. The fourth-order valence-corrected chi connectivity index (χ4v) is 2.42. The van der Waals surface area contributed by atoms with Crippen molar-refractivity contribution in [3.8, 4) is 0 Å². The van der Waals surface area contributed by atoms with Crippen LogP contribution in [0.2, 0.25) is 5.15 Å². The van der Waals surface area contributed by atoms with Gasteiger partial charge in [0.05, 0.1) is 12.0 Å². The number of anilines is 1. The van der Waals surface area contributed by atoms with Crippen molar-refractivity contribution in [1.82, 2.24) is 10.3 Å². The van der Waals surface area contributed by atoms with Crippen LogP contribution in [0, 0.1) is 10.1 Å². The van der Waals surface area contributed by atoms with Gasteiger partial charge >= 0.3 is 0 Å². The van der Waals surface area contributed by atoms with Crippen molar-refractivity contribution in [1.29, 1.82) is 0 Å². The van der Waals surface area contributed by atoms with Crippen LogP contribution in [0.4, 0.5) is 10.1 Å². The molecule has 1 aromatic heterocycles. The number of amides is 1. The Kier molecular flexibility index (Phi) is 5.86. The van der Waals surface area contributed by atoms with Crippen molar-refractivity contribution < 1.29 is 14.1 Å². The van der Waals surface area contributed by atoms with Gasteiger partial charge in [-0.3, -0.25) is 20.2 Å². The number of carbonyl (C=O) groups excluding carboxylic acids is 1. The lowest BCUT2D eigenvalue weighted by atomic mass is 9.96. The third kappa shape index (κ3) is 5.07. The number of halogens is 2. The van der Waals surface area contributed by atoms with Gasteiger partial charge in [0.25, 0.3) is 0 Å². The Morgan fingerprint density at radius 1 is 1.52 bits per heavy atom. The molecular weight excluding hydrogens is 351 g/mol. The molecule has 0 aliphatic heterocycles. The lowest BCUT2D eigenvalue weighted by Gasteiger charge is -2.27. The van der Waals surface area contributed by atoms with E-state index in [1.54, 1.807) is 19.9 Å². The summed E-state index contributed by atoms with van der Waals surface area (Å²) in [4.78, 5) is 26.8. The molecule has 0 radical (unpaired) electrons. The fraction of sp³-hybridized carbons (Fsp3) is 0.375. The first-order chi connectivity index (χ1) is 11.7. The molecule has 1 unspecified atom stereocenters. The van der Waals surface area contributed by atoms with Crippen LogP contribution < -0.4 is 10.6 Å². The first-order valence-electron chi connectivity index (χ1n) is 7.55. The molecule has 134 valence electrons. The van der Waals surface area contributed by atoms with Crippen LogP contribution in [-0.4, -0.2) is 33.9 Å². The Hall–Kier alpha value is -2.32. The summed E-state index contributed by atoms with van der Waals surface area (Å²) < 4.78 is 13.3. The molecule has 0 aromatic carbocycles. The molecule has 9 heteroatoms. The highest BCUT2D eigenvalue weighted by atomic mass is 35.5. The summed E-state index contributed by atoms with van der Waals surface area (Å²) in [5.41, 5.74) is -0.110. The lowest BCUT2D eigenvalue weighted by molar-refractivity contribution is -0.512. The summed E-state index contributed by atoms with van der Waals surface area (Å²) in [7, 11) is 0. The minimum Gasteiger partial charge on any atom is -0.324 e. The van der Waals surface area contributed by atoms with Gasteiger partial charge in [0.15, 0.2) is 0 Å². The predicted molar refractivity (Wildman–Crippen MR) is 92.6 cm³/mol. The van der Waals surface area contributed by atoms with Crippen LogP contribution in [-0.2, 0) is 4.79 Å². The van der Waals surface area contributed by atoms with E-state index in [0.717, 1.165) is 0 Å². The minimum absolute atomic E-state index is 0.0902. The average molecular weight is 369 g/mol. The molecular formula is C16H18ClFN4O3. The second kappa shape index (κ2) is 7.71. The van der Waals surface area contributed by atoms with Crippen molar-refractivity contribution in [2.75, 3.05) is 11.9 Å². The van der Waals surface area contributed by atoms with Crippen molar-refractivity contribution in [3.63, 3.8) is 0 Å². The summed E-state index contributed by atoms with van der Waals surface area (Å²) in [5.74, 6) is -0.873. The molecule has 1 aliphatic carbocycles. The molecule has 2 N–H and O–H groups in total. The molecule has 0 saturated heterocycles. The lowest BCUT2D eigenvalue weighted by Crippen LogP contribution is -2.51. The number of nitrogens with one attached hydrogen (secondary N) is 2. The summed E-state index contributed by atoms with van der Waals surface area (Å²) in [5, 5.41) is 17.0. The molecule has 0 fully saturated rings. The van der Waals surface area contributed by atoms with Crippen molar-refractivity contribution in [2.45, 2.75) is 31.8 Å². The molecule has 1 atom stereocenters. The SMILES string of the molecule is CC(C)(NCC1=CC=C(F)CC1[N+](=O)[O-])C(=O)Nc1ccnc(Cl)c1. The Balaban J connectivity index is 2.02. The summed E-state index contributed by atoms with van der Waals surface area (Å²) >= 11 is 5.78. The zero-order valence-corrected chi connectivity index (χ0v) is 14.5. The number of rotatable bonds is 6. The molecule has 1 heterocycles. The van der Waals surface area contributed by atoms with Crippen LogP contribution in [0.1, 0.15) is 20.3 Å². The molecule has 2 rings (SSSR count). The van der Waals surface area contributed by atoms with Crippen LogP contribution in [0.3, 0.4) is 0 Å². The first-order valence-corrected chi connectivity index (χ1v) is 7.93. The van der Waals surface area contributed by atoms with Crippen molar-refractivity contribution in [2.24, 2.45) is 0 Å². The molecule has 0 saturated carbocycles. The summed E-state index contributed by atoms with van der Waals surface area (Å²) in [6, 6.07) is 1.98. The van der Waals surface area contributed by atoms with Crippen LogP contribution in [0.15, 0.2) is 41.9 Å². The Labute approximate surface area is 149 Å². The van der Waals surface area contributed by atoms with E-state index in [2.05, 4.69) is 15.6 Å². The molecule has 1 aliphatic rings. The monoisotopic (exact) mass is 368 g/mol. The Morgan fingerprint density at radius 2 is 2.24 bits per heavy atom. The van der Waals surface area contributed by atoms with Crippen molar-refractivity contribution >= 4 is 23.2 Å². The maximum absolute atomic E-state index is 13.3. The van der Waals surface area contributed by atoms with Gasteiger partial charge in [-0.05, 0) is 32.1 Å². The number of carbonyl (C=O) groups is 1. The highest BCUT2D eigenvalue weighted by molar-refractivity contribution is 6.29. The van der Waals surface area contributed by atoms with E-state index < -0.39 is 22.3 Å². The van der Waals surface area contributed by atoms with Gasteiger partial charge in [0, 0.05) is 28.9 Å². The average Bonchev–Trinajstić information content (AvgIpc) is 2.53. The quantitative estimate of drug-likeness (QED) is 0.457. The van der Waals surface area contributed by atoms with E-state index in [0.29, 0.717) is 11.3 Å². The van der Waals surface area contributed by atoms with Gasteiger partial charge in [-0.1, -0.05) is 17.7 Å². The van der Waals surface area contributed by atoms with E-state index in [1.807, 2.05) is 0 Å². The minimum atomic E-state index is -1.13. The Morgan fingerprint density at radius 3 is 2.88 bits per heavy atom. The highest BCUT2D eigenvalue weighted by Gasteiger charge is 2.32. The number of nitrogens with zero attached hydrogens (tertiary/aromatic N) is 2. The molecule has 7 nitrogen and oxygen atoms in total. The van der Waals surface area contributed by atoms with E-state index in [9.17, 15) is 19.3 Å². The fourth-order valence-electron chi connectivity index (χ4n) is 2.25. The van der Waals surface area contributed by atoms with E-state index in [-0.39, 0.29) is 24.0 Å². The van der Waals surface area contributed by atoms with Gasteiger partial charge < -0.3 is 5.32 Å². The van der Waals surface area contributed by atoms with Gasteiger partial charge in [-0.15, -0.1) is 0 Å². The zero-order chi connectivity index (χ0) is 18.6. The number of hydrogen-bond donors (Lipinski definition) is 2. The summed E-state index contributed by atoms with van der Waals surface area (Å²) in [6.07, 6.45) is 3.79. The van der Waals surface area contributed by atoms with E-state index in [1.165, 1.54) is 24.4 Å². The number of hydrogen-bond acceptors (Lipinski definition) is 5. The predicted octanol–water partition coefficient (Wildman–Crippen LogP) is 2.87. The number of pyridine rings is 1. The van der Waals surface area contributed by atoms with Gasteiger partial charge in [0.2, 0.25) is 11.9 Å². The van der Waals surface area contributed by atoms with Crippen LogP contribution in [0.25, 0.3) is 0 Å².